The monoisotopic (exact) mass is 206 g/mol. The largest absolute Gasteiger partial charge is 0.466 e. The van der Waals surface area contributed by atoms with Gasteiger partial charge in [-0.25, -0.2) is 0 Å². The minimum atomic E-state index is 1.00. The Bertz CT molecular complexity index is 371. The number of thiophene rings is 1. The minimum absolute atomic E-state index is 1.00. The second-order valence-electron chi connectivity index (χ2n) is 3.52. The zero-order valence-corrected chi connectivity index (χ0v) is 9.36. The Morgan fingerprint density at radius 1 is 1.07 bits per heavy atom. The summed E-state index contributed by atoms with van der Waals surface area (Å²) < 4.78 is 5.52. The molecule has 2 aromatic heterocycles. The molecule has 0 bridgehead atoms. The Balaban J connectivity index is 1.94. The van der Waals surface area contributed by atoms with Crippen molar-refractivity contribution in [2.24, 2.45) is 0 Å². The van der Waals surface area contributed by atoms with E-state index in [2.05, 4.69) is 25.1 Å². The van der Waals surface area contributed by atoms with E-state index in [9.17, 15) is 0 Å². The lowest BCUT2D eigenvalue weighted by molar-refractivity contribution is 0.483. The molecule has 0 amide bonds. The zero-order chi connectivity index (χ0) is 9.97. The first-order chi connectivity index (χ1) is 6.74. The fourth-order valence-corrected chi connectivity index (χ4v) is 2.38. The summed E-state index contributed by atoms with van der Waals surface area (Å²) in [5, 5.41) is 0. The van der Waals surface area contributed by atoms with Crippen molar-refractivity contribution in [3.8, 4) is 0 Å². The number of rotatable bonds is 3. The summed E-state index contributed by atoms with van der Waals surface area (Å²) >= 11 is 1.87. The molecule has 0 radical (unpaired) electrons. The van der Waals surface area contributed by atoms with Gasteiger partial charge in [-0.05, 0) is 44.5 Å². The van der Waals surface area contributed by atoms with Crippen molar-refractivity contribution in [2.45, 2.75) is 26.7 Å². The Kier molecular flexibility index (Phi) is 2.73. The molecule has 0 unspecified atom stereocenters. The van der Waals surface area contributed by atoms with Crippen LogP contribution in [0.1, 0.15) is 21.3 Å². The first-order valence-electron chi connectivity index (χ1n) is 4.84. The first-order valence-corrected chi connectivity index (χ1v) is 5.66. The topological polar surface area (TPSA) is 13.1 Å². The van der Waals surface area contributed by atoms with Crippen LogP contribution in [-0.4, -0.2) is 0 Å². The Hall–Kier alpha value is -1.02. The second-order valence-corrected chi connectivity index (χ2v) is 4.90. The van der Waals surface area contributed by atoms with Crippen molar-refractivity contribution < 1.29 is 4.42 Å². The van der Waals surface area contributed by atoms with Gasteiger partial charge >= 0.3 is 0 Å². The third kappa shape index (κ3) is 2.26. The van der Waals surface area contributed by atoms with Crippen molar-refractivity contribution in [2.75, 3.05) is 0 Å². The van der Waals surface area contributed by atoms with Gasteiger partial charge in [0.05, 0.1) is 0 Å². The highest BCUT2D eigenvalue weighted by atomic mass is 32.1. The molecule has 74 valence electrons. The van der Waals surface area contributed by atoms with Crippen LogP contribution in [0.4, 0.5) is 0 Å². The summed E-state index contributed by atoms with van der Waals surface area (Å²) in [5.74, 6) is 2.09. The molecule has 2 heteroatoms. The quantitative estimate of drug-likeness (QED) is 0.745. The Morgan fingerprint density at radius 3 is 2.50 bits per heavy atom. The molecule has 0 saturated heterocycles. The van der Waals surface area contributed by atoms with Crippen molar-refractivity contribution >= 4 is 11.3 Å². The highest BCUT2D eigenvalue weighted by Gasteiger charge is 2.01. The maximum Gasteiger partial charge on any atom is 0.104 e. The molecule has 1 nitrogen and oxygen atoms in total. The second kappa shape index (κ2) is 4.01. The van der Waals surface area contributed by atoms with Crippen LogP contribution >= 0.6 is 11.3 Å². The van der Waals surface area contributed by atoms with Gasteiger partial charge in [-0.2, -0.15) is 0 Å². The standard InChI is InChI=1S/C12H14OS/c1-9-3-5-11(13-9)6-8-12-7-4-10(2)14-12/h3-5,7H,6,8H2,1-2H3. The number of furan rings is 1. The van der Waals surface area contributed by atoms with Gasteiger partial charge in [-0.1, -0.05) is 0 Å². The lowest BCUT2D eigenvalue weighted by Gasteiger charge is -1.94. The molecule has 0 N–H and O–H groups in total. The van der Waals surface area contributed by atoms with E-state index >= 15 is 0 Å². The lowest BCUT2D eigenvalue weighted by Crippen LogP contribution is -1.85. The molecule has 0 spiro atoms. The van der Waals surface area contributed by atoms with E-state index < -0.39 is 0 Å². The molecule has 0 aliphatic carbocycles. The van der Waals surface area contributed by atoms with Crippen LogP contribution in [0.3, 0.4) is 0 Å². The fraction of sp³-hybridized carbons (Fsp3) is 0.333. The predicted molar refractivity (Wildman–Crippen MR) is 59.9 cm³/mol. The summed E-state index contributed by atoms with van der Waals surface area (Å²) in [6.07, 6.45) is 2.10. The zero-order valence-electron chi connectivity index (χ0n) is 8.54. The molecule has 0 aromatic carbocycles. The van der Waals surface area contributed by atoms with Crippen LogP contribution in [0.15, 0.2) is 28.7 Å². The van der Waals surface area contributed by atoms with E-state index in [0.717, 1.165) is 24.4 Å². The highest BCUT2D eigenvalue weighted by molar-refractivity contribution is 7.11. The lowest BCUT2D eigenvalue weighted by atomic mass is 10.2. The van der Waals surface area contributed by atoms with Gasteiger partial charge in [0.15, 0.2) is 0 Å². The fourth-order valence-electron chi connectivity index (χ4n) is 1.49. The van der Waals surface area contributed by atoms with Crippen LogP contribution < -0.4 is 0 Å². The van der Waals surface area contributed by atoms with E-state index in [1.165, 1.54) is 9.75 Å². The van der Waals surface area contributed by atoms with Crippen molar-refractivity contribution in [3.63, 3.8) is 0 Å². The summed E-state index contributed by atoms with van der Waals surface area (Å²) in [4.78, 5) is 2.83. The smallest absolute Gasteiger partial charge is 0.104 e. The average molecular weight is 206 g/mol. The molecule has 0 atom stereocenters. The minimum Gasteiger partial charge on any atom is -0.466 e. The van der Waals surface area contributed by atoms with Crippen LogP contribution in [0, 0.1) is 13.8 Å². The molecule has 2 heterocycles. The molecule has 0 fully saturated rings. The van der Waals surface area contributed by atoms with Gasteiger partial charge in [-0.15, -0.1) is 11.3 Å². The molecule has 2 rings (SSSR count). The normalized spacial score (nSPS) is 10.7. The van der Waals surface area contributed by atoms with Gasteiger partial charge in [0.1, 0.15) is 11.5 Å². The molecule has 0 saturated carbocycles. The van der Waals surface area contributed by atoms with Gasteiger partial charge < -0.3 is 4.42 Å². The van der Waals surface area contributed by atoms with Crippen molar-refractivity contribution in [1.29, 1.82) is 0 Å². The molecule has 2 aromatic rings. The van der Waals surface area contributed by atoms with E-state index in [1.807, 2.05) is 24.3 Å². The predicted octanol–water partition coefficient (Wildman–Crippen LogP) is 3.74. The summed E-state index contributed by atoms with van der Waals surface area (Å²) in [7, 11) is 0. The number of aryl methyl sites for hydroxylation is 4. The first kappa shape index (κ1) is 9.53. The molecule has 0 aliphatic rings. The molecule has 14 heavy (non-hydrogen) atoms. The number of hydrogen-bond donors (Lipinski definition) is 0. The molecule has 0 aliphatic heterocycles. The van der Waals surface area contributed by atoms with E-state index in [0.29, 0.717) is 0 Å². The van der Waals surface area contributed by atoms with E-state index in [-0.39, 0.29) is 0 Å². The maximum atomic E-state index is 5.52. The van der Waals surface area contributed by atoms with Crippen LogP contribution in [0.25, 0.3) is 0 Å². The highest BCUT2D eigenvalue weighted by Crippen LogP contribution is 2.18. The average Bonchev–Trinajstić information content (AvgIpc) is 2.72. The summed E-state index contributed by atoms with van der Waals surface area (Å²) in [6.45, 7) is 4.13. The van der Waals surface area contributed by atoms with Crippen LogP contribution in [0.2, 0.25) is 0 Å². The van der Waals surface area contributed by atoms with E-state index in [1.54, 1.807) is 0 Å². The molecular weight excluding hydrogens is 192 g/mol. The third-order valence-electron chi connectivity index (χ3n) is 2.21. The van der Waals surface area contributed by atoms with Gasteiger partial charge in [0, 0.05) is 16.2 Å². The van der Waals surface area contributed by atoms with Gasteiger partial charge in [0.2, 0.25) is 0 Å². The summed E-state index contributed by atoms with van der Waals surface area (Å²) in [6, 6.07) is 8.47. The van der Waals surface area contributed by atoms with E-state index in [4.69, 9.17) is 4.42 Å². The van der Waals surface area contributed by atoms with Crippen LogP contribution in [0.5, 0.6) is 0 Å². The number of hydrogen-bond acceptors (Lipinski definition) is 2. The maximum absolute atomic E-state index is 5.52. The van der Waals surface area contributed by atoms with Gasteiger partial charge in [0.25, 0.3) is 0 Å². The Labute approximate surface area is 88.4 Å². The van der Waals surface area contributed by atoms with Gasteiger partial charge in [-0.3, -0.25) is 0 Å². The SMILES string of the molecule is Cc1ccc(CCc2ccc(C)s2)o1. The van der Waals surface area contributed by atoms with Crippen LogP contribution in [-0.2, 0) is 12.8 Å². The van der Waals surface area contributed by atoms with Crippen molar-refractivity contribution in [1.82, 2.24) is 0 Å². The third-order valence-corrected chi connectivity index (χ3v) is 3.27. The summed E-state index contributed by atoms with van der Waals surface area (Å²) in [5.41, 5.74) is 0. The Morgan fingerprint density at radius 2 is 1.93 bits per heavy atom. The molecular formula is C12H14OS. The van der Waals surface area contributed by atoms with Crippen molar-refractivity contribution in [3.05, 3.63) is 45.5 Å².